The van der Waals surface area contributed by atoms with Crippen LogP contribution in [0.25, 0.3) is 0 Å². The Hall–Kier alpha value is -1.97. The van der Waals surface area contributed by atoms with Gasteiger partial charge in [-0.15, -0.1) is 11.3 Å². The number of nitrogens with zero attached hydrogens (tertiary/aromatic N) is 1. The molecule has 1 aromatic heterocycles. The van der Waals surface area contributed by atoms with Gasteiger partial charge in [0, 0.05) is 22.4 Å². The fourth-order valence-electron chi connectivity index (χ4n) is 1.70. The Balaban J connectivity index is 2.19. The number of hydrogen-bond acceptors (Lipinski definition) is 6. The molecule has 0 spiro atoms. The van der Waals surface area contributed by atoms with Crippen LogP contribution in [0.2, 0.25) is 0 Å². The maximum atomic E-state index is 12.1. The number of sulfonamides is 1. The van der Waals surface area contributed by atoms with E-state index in [1.54, 1.807) is 0 Å². The van der Waals surface area contributed by atoms with Crippen LogP contribution in [0.15, 0.2) is 35.2 Å². The molecule has 2 rings (SSSR count). The van der Waals surface area contributed by atoms with Crippen molar-refractivity contribution in [1.82, 2.24) is 4.72 Å². The average Bonchev–Trinajstić information content (AvgIpc) is 2.82. The molecule has 0 saturated carbocycles. The van der Waals surface area contributed by atoms with E-state index in [-0.39, 0.29) is 22.8 Å². The van der Waals surface area contributed by atoms with Crippen molar-refractivity contribution in [1.29, 1.82) is 0 Å². The molecule has 0 atom stereocenters. The average molecular weight is 327 g/mol. The molecule has 0 amide bonds. The van der Waals surface area contributed by atoms with E-state index in [9.17, 15) is 18.5 Å². The first-order valence-electron chi connectivity index (χ1n) is 5.88. The second kappa shape index (κ2) is 5.80. The Morgan fingerprint density at radius 2 is 2.05 bits per heavy atom. The van der Waals surface area contributed by atoms with E-state index in [1.165, 1.54) is 11.3 Å². The van der Waals surface area contributed by atoms with Gasteiger partial charge in [-0.3, -0.25) is 10.1 Å². The van der Waals surface area contributed by atoms with Crippen LogP contribution < -0.4 is 10.5 Å². The number of aryl methyl sites for hydroxylation is 1. The smallest absolute Gasteiger partial charge is 0.292 e. The van der Waals surface area contributed by atoms with Crippen molar-refractivity contribution in [3.05, 3.63) is 50.2 Å². The highest BCUT2D eigenvalue weighted by molar-refractivity contribution is 7.89. The molecule has 3 N–H and O–H groups in total. The van der Waals surface area contributed by atoms with E-state index in [2.05, 4.69) is 4.72 Å². The maximum Gasteiger partial charge on any atom is 0.292 e. The van der Waals surface area contributed by atoms with Crippen molar-refractivity contribution < 1.29 is 13.3 Å². The Bertz CT molecular complexity index is 784. The lowest BCUT2D eigenvalue weighted by Gasteiger charge is -2.06. The first-order chi connectivity index (χ1) is 9.79. The lowest BCUT2D eigenvalue weighted by Crippen LogP contribution is -2.23. The highest BCUT2D eigenvalue weighted by Gasteiger charge is 2.19. The molecule has 7 nitrogen and oxygen atoms in total. The minimum absolute atomic E-state index is 0.0983. The summed E-state index contributed by atoms with van der Waals surface area (Å²) in [7, 11) is -3.76. The van der Waals surface area contributed by atoms with Crippen molar-refractivity contribution in [2.75, 3.05) is 5.73 Å². The Kier molecular flexibility index (Phi) is 4.26. The predicted octanol–water partition coefficient (Wildman–Crippen LogP) is 2.03. The molecule has 112 valence electrons. The van der Waals surface area contributed by atoms with Gasteiger partial charge in [-0.05, 0) is 31.2 Å². The summed E-state index contributed by atoms with van der Waals surface area (Å²) in [4.78, 5) is 11.9. The number of nitro benzene ring substituents is 1. The van der Waals surface area contributed by atoms with Gasteiger partial charge in [0.1, 0.15) is 5.69 Å². The molecular formula is C12H13N3O4S2. The fourth-order valence-corrected chi connectivity index (χ4v) is 3.66. The minimum atomic E-state index is -3.76. The molecule has 1 aromatic carbocycles. The van der Waals surface area contributed by atoms with E-state index in [4.69, 9.17) is 5.73 Å². The standard InChI is InChI=1S/C12H13N3O4S2/c1-8-2-3-9(20-8)7-14-21(18,19)10-4-5-12(15(16)17)11(13)6-10/h2-6,14H,7,13H2,1H3. The van der Waals surface area contributed by atoms with Gasteiger partial charge >= 0.3 is 0 Å². The van der Waals surface area contributed by atoms with Gasteiger partial charge in [-0.25, -0.2) is 13.1 Å². The number of nitrogens with two attached hydrogens (primary N) is 1. The summed E-state index contributed by atoms with van der Waals surface area (Å²) in [5.41, 5.74) is 5.00. The molecule has 0 aliphatic heterocycles. The molecule has 0 unspecified atom stereocenters. The van der Waals surface area contributed by atoms with Crippen molar-refractivity contribution in [3.8, 4) is 0 Å². The molecule has 0 aliphatic rings. The van der Waals surface area contributed by atoms with Crippen LogP contribution in [0.1, 0.15) is 9.75 Å². The second-order valence-electron chi connectivity index (χ2n) is 4.31. The van der Waals surface area contributed by atoms with Crippen molar-refractivity contribution in [3.63, 3.8) is 0 Å². The molecule has 1 heterocycles. The number of anilines is 1. The van der Waals surface area contributed by atoms with Crippen LogP contribution >= 0.6 is 11.3 Å². The van der Waals surface area contributed by atoms with Gasteiger partial charge in [0.25, 0.3) is 5.69 Å². The Morgan fingerprint density at radius 1 is 1.33 bits per heavy atom. The van der Waals surface area contributed by atoms with Gasteiger partial charge in [0.05, 0.1) is 9.82 Å². The van der Waals surface area contributed by atoms with Gasteiger partial charge in [-0.2, -0.15) is 0 Å². The zero-order chi connectivity index (χ0) is 15.6. The van der Waals surface area contributed by atoms with E-state index < -0.39 is 14.9 Å². The number of thiophene rings is 1. The number of hydrogen-bond donors (Lipinski definition) is 2. The van der Waals surface area contributed by atoms with Crippen LogP contribution in [0.3, 0.4) is 0 Å². The molecule has 2 aromatic rings. The molecule has 0 saturated heterocycles. The van der Waals surface area contributed by atoms with Crippen LogP contribution in [0, 0.1) is 17.0 Å². The second-order valence-corrected chi connectivity index (χ2v) is 7.45. The topological polar surface area (TPSA) is 115 Å². The number of nitro groups is 1. The minimum Gasteiger partial charge on any atom is -0.393 e. The molecule has 9 heteroatoms. The Morgan fingerprint density at radius 3 is 2.57 bits per heavy atom. The van der Waals surface area contributed by atoms with Gasteiger partial charge in [-0.1, -0.05) is 0 Å². The molecular weight excluding hydrogens is 314 g/mol. The first kappa shape index (κ1) is 15.4. The van der Waals surface area contributed by atoms with Crippen LogP contribution in [-0.4, -0.2) is 13.3 Å². The molecule has 0 fully saturated rings. The normalized spacial score (nSPS) is 11.5. The third-order valence-electron chi connectivity index (χ3n) is 2.74. The number of nitrogens with one attached hydrogen (secondary N) is 1. The summed E-state index contributed by atoms with van der Waals surface area (Å²) in [6.45, 7) is 2.09. The molecule has 0 aliphatic carbocycles. The monoisotopic (exact) mass is 327 g/mol. The van der Waals surface area contributed by atoms with Gasteiger partial charge in [0.2, 0.25) is 10.0 Å². The van der Waals surface area contributed by atoms with E-state index in [0.29, 0.717) is 0 Å². The zero-order valence-corrected chi connectivity index (χ0v) is 12.7. The van der Waals surface area contributed by atoms with Crippen LogP contribution in [0.4, 0.5) is 11.4 Å². The van der Waals surface area contributed by atoms with Crippen molar-refractivity contribution >= 4 is 32.7 Å². The molecule has 0 bridgehead atoms. The number of benzene rings is 1. The number of rotatable bonds is 5. The molecule has 0 radical (unpaired) electrons. The first-order valence-corrected chi connectivity index (χ1v) is 8.18. The lowest BCUT2D eigenvalue weighted by molar-refractivity contribution is -0.383. The summed E-state index contributed by atoms with van der Waals surface area (Å²) in [5, 5.41) is 10.7. The Labute approximate surface area is 125 Å². The van der Waals surface area contributed by atoms with Gasteiger partial charge in [0.15, 0.2) is 0 Å². The van der Waals surface area contributed by atoms with Crippen molar-refractivity contribution in [2.24, 2.45) is 0 Å². The molecule has 21 heavy (non-hydrogen) atoms. The summed E-state index contributed by atoms with van der Waals surface area (Å²) in [5.74, 6) is 0. The van der Waals surface area contributed by atoms with E-state index in [1.807, 2.05) is 19.1 Å². The summed E-state index contributed by atoms with van der Waals surface area (Å²) < 4.78 is 26.7. The predicted molar refractivity (Wildman–Crippen MR) is 80.6 cm³/mol. The lowest BCUT2D eigenvalue weighted by atomic mass is 10.3. The highest BCUT2D eigenvalue weighted by atomic mass is 32.2. The maximum absolute atomic E-state index is 12.1. The van der Waals surface area contributed by atoms with Crippen molar-refractivity contribution in [2.45, 2.75) is 18.4 Å². The third-order valence-corrected chi connectivity index (χ3v) is 5.14. The van der Waals surface area contributed by atoms with Crippen LogP contribution in [-0.2, 0) is 16.6 Å². The van der Waals surface area contributed by atoms with Gasteiger partial charge < -0.3 is 5.73 Å². The van der Waals surface area contributed by atoms with E-state index >= 15 is 0 Å². The highest BCUT2D eigenvalue weighted by Crippen LogP contribution is 2.24. The quantitative estimate of drug-likeness (QED) is 0.495. The number of nitrogen functional groups attached to an aromatic ring is 1. The van der Waals surface area contributed by atoms with Crippen LogP contribution in [0.5, 0.6) is 0 Å². The largest absolute Gasteiger partial charge is 0.393 e. The SMILES string of the molecule is Cc1ccc(CNS(=O)(=O)c2ccc([N+](=O)[O-])c(N)c2)s1. The third kappa shape index (κ3) is 3.57. The van der Waals surface area contributed by atoms with E-state index in [0.717, 1.165) is 28.0 Å². The zero-order valence-electron chi connectivity index (χ0n) is 11.1. The summed E-state index contributed by atoms with van der Waals surface area (Å²) in [6, 6.07) is 7.07. The fraction of sp³-hybridized carbons (Fsp3) is 0.167. The summed E-state index contributed by atoms with van der Waals surface area (Å²) >= 11 is 1.49. The summed E-state index contributed by atoms with van der Waals surface area (Å²) in [6.07, 6.45) is 0.